The first-order valence-electron chi connectivity index (χ1n) is 6.12. The second-order valence-corrected chi connectivity index (χ2v) is 4.94. The molecule has 20 heavy (non-hydrogen) atoms. The van der Waals surface area contributed by atoms with Crippen LogP contribution in [-0.4, -0.2) is 39.3 Å². The number of carbonyl (C=O) groups excluding carboxylic acids is 2. The van der Waals surface area contributed by atoms with Crippen molar-refractivity contribution >= 4 is 11.6 Å². The summed E-state index contributed by atoms with van der Waals surface area (Å²) in [5, 5.41) is 28.8. The van der Waals surface area contributed by atoms with E-state index in [1.54, 1.807) is 6.92 Å². The highest BCUT2D eigenvalue weighted by atomic mass is 16.6. The molecule has 0 saturated carbocycles. The van der Waals surface area contributed by atoms with E-state index < -0.39 is 29.4 Å². The van der Waals surface area contributed by atoms with E-state index in [1.165, 1.54) is 0 Å². The third-order valence-corrected chi connectivity index (χ3v) is 3.55. The quantitative estimate of drug-likeness (QED) is 0.608. The Morgan fingerprint density at radius 2 is 1.65 bits per heavy atom. The van der Waals surface area contributed by atoms with Gasteiger partial charge in [0.1, 0.15) is 0 Å². The maximum atomic E-state index is 12.4. The molecule has 0 bridgehead atoms. The molecular weight excluding hydrogens is 264 g/mol. The van der Waals surface area contributed by atoms with Gasteiger partial charge in [-0.3, -0.25) is 9.59 Å². The summed E-state index contributed by atoms with van der Waals surface area (Å²) in [6.45, 7) is 1.69. The fourth-order valence-corrected chi connectivity index (χ4v) is 2.61. The molecule has 1 aromatic carbocycles. The molecule has 1 aliphatic heterocycles. The van der Waals surface area contributed by atoms with Gasteiger partial charge in [-0.1, -0.05) is 0 Å². The molecule has 0 amide bonds. The predicted molar refractivity (Wildman–Crippen MR) is 66.6 cm³/mol. The van der Waals surface area contributed by atoms with Gasteiger partial charge in [-0.2, -0.15) is 0 Å². The molecule has 0 fully saturated rings. The minimum absolute atomic E-state index is 0.0327. The summed E-state index contributed by atoms with van der Waals surface area (Å²) < 4.78 is 5.16. The molecular formula is C14H12O6. The molecule has 1 aliphatic carbocycles. The van der Waals surface area contributed by atoms with Crippen LogP contribution in [0.4, 0.5) is 0 Å². The lowest BCUT2D eigenvalue weighted by Gasteiger charge is -2.31. The molecule has 0 unspecified atom stereocenters. The van der Waals surface area contributed by atoms with E-state index >= 15 is 0 Å². The number of aromatic hydroxyl groups is 2. The van der Waals surface area contributed by atoms with Crippen LogP contribution in [0.1, 0.15) is 34.1 Å². The second-order valence-electron chi connectivity index (χ2n) is 4.94. The van der Waals surface area contributed by atoms with E-state index in [4.69, 9.17) is 4.74 Å². The number of aliphatic hydroxyl groups is 1. The number of hydrogen-bond acceptors (Lipinski definition) is 6. The summed E-state index contributed by atoms with van der Waals surface area (Å²) in [5.74, 6) is -1.95. The van der Waals surface area contributed by atoms with Crippen LogP contribution in [-0.2, 0) is 4.74 Å². The monoisotopic (exact) mass is 276 g/mol. The first-order chi connectivity index (χ1) is 9.40. The summed E-state index contributed by atoms with van der Waals surface area (Å²) in [7, 11) is 0. The number of hydrogen-bond donors (Lipinski definition) is 3. The van der Waals surface area contributed by atoms with Crippen LogP contribution in [0.3, 0.4) is 0 Å². The molecule has 0 radical (unpaired) electrons. The molecule has 1 aromatic rings. The summed E-state index contributed by atoms with van der Waals surface area (Å²) in [6.07, 6.45) is -1.61. The number of ether oxygens (including phenoxy) is 1. The van der Waals surface area contributed by atoms with Crippen molar-refractivity contribution < 1.29 is 29.6 Å². The van der Waals surface area contributed by atoms with Gasteiger partial charge in [-0.05, 0) is 19.1 Å². The molecule has 2 atom stereocenters. The van der Waals surface area contributed by atoms with Crippen LogP contribution in [0.15, 0.2) is 23.3 Å². The van der Waals surface area contributed by atoms with Crippen LogP contribution in [0.25, 0.3) is 0 Å². The fraction of sp³-hybridized carbons (Fsp3) is 0.286. The van der Waals surface area contributed by atoms with Crippen LogP contribution in [0.2, 0.25) is 0 Å². The number of benzene rings is 1. The van der Waals surface area contributed by atoms with E-state index in [0.717, 1.165) is 12.1 Å². The molecule has 3 rings (SSSR count). The minimum Gasteiger partial charge on any atom is -0.504 e. The van der Waals surface area contributed by atoms with Crippen LogP contribution >= 0.6 is 0 Å². The van der Waals surface area contributed by atoms with Crippen LogP contribution in [0.5, 0.6) is 11.5 Å². The lowest BCUT2D eigenvalue weighted by Crippen LogP contribution is -2.37. The van der Waals surface area contributed by atoms with Gasteiger partial charge in [0.05, 0.1) is 11.7 Å². The highest BCUT2D eigenvalue weighted by molar-refractivity contribution is 6.27. The van der Waals surface area contributed by atoms with Gasteiger partial charge in [-0.25, -0.2) is 0 Å². The highest BCUT2D eigenvalue weighted by Crippen LogP contribution is 2.38. The smallest absolute Gasteiger partial charge is 0.195 e. The topological polar surface area (TPSA) is 104 Å². The normalized spacial score (nSPS) is 25.5. The van der Waals surface area contributed by atoms with Gasteiger partial charge >= 0.3 is 0 Å². The van der Waals surface area contributed by atoms with Gasteiger partial charge in [0, 0.05) is 23.1 Å². The first-order valence-corrected chi connectivity index (χ1v) is 6.12. The van der Waals surface area contributed by atoms with Gasteiger partial charge < -0.3 is 20.1 Å². The maximum Gasteiger partial charge on any atom is 0.195 e. The number of Topliss-reactive ketones (excluding diaryl/α,β-unsaturated/α-hetero) is 2. The van der Waals surface area contributed by atoms with E-state index in [0.29, 0.717) is 0 Å². The summed E-state index contributed by atoms with van der Waals surface area (Å²) in [6, 6.07) is 2.10. The van der Waals surface area contributed by atoms with Gasteiger partial charge in [-0.15, -0.1) is 0 Å². The molecule has 104 valence electrons. The fourth-order valence-electron chi connectivity index (χ4n) is 2.61. The predicted octanol–water partition coefficient (Wildman–Crippen LogP) is 0.901. The Labute approximate surface area is 113 Å². The second kappa shape index (κ2) is 4.16. The van der Waals surface area contributed by atoms with Crippen molar-refractivity contribution in [2.45, 2.75) is 25.7 Å². The van der Waals surface area contributed by atoms with Crippen molar-refractivity contribution in [2.75, 3.05) is 0 Å². The average Bonchev–Trinajstić information content (AvgIpc) is 2.37. The molecule has 0 saturated heterocycles. The third-order valence-electron chi connectivity index (χ3n) is 3.55. The minimum atomic E-state index is -1.45. The molecule has 2 aliphatic rings. The van der Waals surface area contributed by atoms with Crippen molar-refractivity contribution in [1.82, 2.24) is 0 Å². The Morgan fingerprint density at radius 1 is 1.10 bits per heavy atom. The molecule has 6 nitrogen and oxygen atoms in total. The molecule has 0 aromatic heterocycles. The number of carbonyl (C=O) groups is 2. The van der Waals surface area contributed by atoms with Crippen molar-refractivity contribution in [3.63, 3.8) is 0 Å². The first kappa shape index (κ1) is 12.8. The zero-order valence-corrected chi connectivity index (χ0v) is 10.6. The van der Waals surface area contributed by atoms with E-state index in [9.17, 15) is 24.9 Å². The Kier molecular flexibility index (Phi) is 2.67. The summed E-state index contributed by atoms with van der Waals surface area (Å²) >= 11 is 0. The average molecular weight is 276 g/mol. The number of phenolic OH excluding ortho intramolecular Hbond substituents is 2. The number of aliphatic hydroxyl groups excluding tert-OH is 1. The van der Waals surface area contributed by atoms with Gasteiger partial charge in [0.2, 0.25) is 0 Å². The van der Waals surface area contributed by atoms with Crippen molar-refractivity contribution in [3.05, 3.63) is 34.4 Å². The Hall–Kier alpha value is -2.18. The molecule has 1 heterocycles. The zero-order valence-electron chi connectivity index (χ0n) is 10.6. The van der Waals surface area contributed by atoms with Crippen molar-refractivity contribution in [1.29, 1.82) is 0 Å². The largest absolute Gasteiger partial charge is 0.504 e. The lowest BCUT2D eigenvalue weighted by atomic mass is 9.80. The number of phenols is 2. The van der Waals surface area contributed by atoms with E-state index in [-0.39, 0.29) is 34.8 Å². The van der Waals surface area contributed by atoms with Crippen molar-refractivity contribution in [3.8, 4) is 11.5 Å². The van der Waals surface area contributed by atoms with Gasteiger partial charge in [0.25, 0.3) is 0 Å². The van der Waals surface area contributed by atoms with Crippen LogP contribution < -0.4 is 0 Å². The summed E-state index contributed by atoms with van der Waals surface area (Å²) in [4.78, 5) is 24.7. The highest BCUT2D eigenvalue weighted by Gasteiger charge is 2.40. The maximum absolute atomic E-state index is 12.4. The lowest BCUT2D eigenvalue weighted by molar-refractivity contribution is -0.112. The number of fused-ring (bicyclic) bond motifs is 1. The number of rotatable bonds is 0. The Balaban J connectivity index is 2.22. The van der Waals surface area contributed by atoms with Crippen LogP contribution in [0, 0.1) is 0 Å². The van der Waals surface area contributed by atoms with E-state index in [2.05, 4.69) is 0 Å². The molecule has 0 spiro atoms. The van der Waals surface area contributed by atoms with Crippen molar-refractivity contribution in [2.24, 2.45) is 0 Å². The molecule has 6 heteroatoms. The SMILES string of the molecule is C[C@H]1CC2=C(C(=O)c3cc(O)c(O)cc3C2=O)[C@H](O)O1. The summed E-state index contributed by atoms with van der Waals surface area (Å²) in [5.41, 5.74) is 0.121. The molecule has 3 N–H and O–H groups in total. The standard InChI is InChI=1S/C14H12O6/c1-5-2-8-11(14(19)20-5)13(18)7-4-10(16)9(15)3-6(7)12(8)17/h3-5,14-16,19H,2H2,1H3/t5-,14+/m0/s1. The number of ketones is 2. The zero-order chi connectivity index (χ0) is 14.6. The third kappa shape index (κ3) is 1.65. The Morgan fingerprint density at radius 3 is 2.25 bits per heavy atom. The van der Waals surface area contributed by atoms with E-state index in [1.807, 2.05) is 0 Å². The Bertz CT molecular complexity index is 672. The van der Waals surface area contributed by atoms with Gasteiger partial charge in [0.15, 0.2) is 29.4 Å².